The average molecular weight is 370 g/mol. The summed E-state index contributed by atoms with van der Waals surface area (Å²) in [5.41, 5.74) is 2.40. The molecular formula is C16H20BrNO2S. The summed E-state index contributed by atoms with van der Waals surface area (Å²) in [6.07, 6.45) is 0. The molecule has 0 aliphatic rings. The Bertz CT molecular complexity index is 571. The van der Waals surface area contributed by atoms with Crippen LogP contribution >= 0.6 is 27.3 Å². The molecule has 0 spiro atoms. The number of hydrogen-bond acceptors (Lipinski definition) is 4. The van der Waals surface area contributed by atoms with Gasteiger partial charge in [0.05, 0.1) is 24.0 Å². The normalized spacial score (nSPS) is 12.2. The predicted molar refractivity (Wildman–Crippen MR) is 91.8 cm³/mol. The topological polar surface area (TPSA) is 30.5 Å². The minimum atomic E-state index is 0.133. The van der Waals surface area contributed by atoms with Gasteiger partial charge >= 0.3 is 0 Å². The fourth-order valence-corrected chi connectivity index (χ4v) is 3.88. The summed E-state index contributed by atoms with van der Waals surface area (Å²) in [5.74, 6) is 1.61. The Balaban J connectivity index is 2.46. The van der Waals surface area contributed by atoms with Crippen LogP contribution in [-0.2, 0) is 0 Å². The van der Waals surface area contributed by atoms with Crippen LogP contribution in [0.2, 0.25) is 0 Å². The molecule has 2 aromatic rings. The van der Waals surface area contributed by atoms with E-state index in [9.17, 15) is 0 Å². The smallest absolute Gasteiger partial charge is 0.122 e. The fourth-order valence-electron chi connectivity index (χ4n) is 2.21. The lowest BCUT2D eigenvalue weighted by Gasteiger charge is -2.18. The van der Waals surface area contributed by atoms with Crippen molar-refractivity contribution in [2.75, 3.05) is 20.8 Å². The summed E-state index contributed by atoms with van der Waals surface area (Å²) in [7, 11) is 3.35. The van der Waals surface area contributed by atoms with Crippen molar-refractivity contribution in [1.29, 1.82) is 0 Å². The summed E-state index contributed by atoms with van der Waals surface area (Å²) < 4.78 is 11.9. The van der Waals surface area contributed by atoms with Crippen LogP contribution in [0.1, 0.15) is 29.0 Å². The second-order valence-corrected chi connectivity index (χ2v) is 7.14. The molecule has 1 N–H and O–H groups in total. The molecule has 0 saturated heterocycles. The highest BCUT2D eigenvalue weighted by atomic mass is 79.9. The third kappa shape index (κ3) is 3.78. The van der Waals surface area contributed by atoms with Gasteiger partial charge in [0.1, 0.15) is 11.5 Å². The van der Waals surface area contributed by atoms with Gasteiger partial charge in [-0.2, -0.15) is 0 Å². The van der Waals surface area contributed by atoms with Crippen LogP contribution in [0.25, 0.3) is 0 Å². The number of halogens is 1. The summed E-state index contributed by atoms with van der Waals surface area (Å²) in [4.78, 5) is 1.27. The van der Waals surface area contributed by atoms with Crippen molar-refractivity contribution in [1.82, 2.24) is 5.32 Å². The van der Waals surface area contributed by atoms with Crippen LogP contribution in [0.4, 0.5) is 0 Å². The number of nitrogens with one attached hydrogen (secondary N) is 1. The molecule has 114 valence electrons. The summed E-state index contributed by atoms with van der Waals surface area (Å²) in [5, 5.41) is 3.54. The highest BCUT2D eigenvalue weighted by molar-refractivity contribution is 9.11. The van der Waals surface area contributed by atoms with Gasteiger partial charge in [0.25, 0.3) is 0 Å². The SMILES string of the molecule is CCNC(c1cc(OC)cc(OC)c1)c1cc(C)c(Br)s1. The third-order valence-corrected chi connectivity index (χ3v) is 5.48. The second-order valence-electron chi connectivity index (χ2n) is 4.74. The fraction of sp³-hybridized carbons (Fsp3) is 0.375. The molecule has 0 saturated carbocycles. The van der Waals surface area contributed by atoms with Crippen molar-refractivity contribution in [3.63, 3.8) is 0 Å². The Morgan fingerprint density at radius 1 is 1.14 bits per heavy atom. The zero-order valence-electron chi connectivity index (χ0n) is 12.7. The van der Waals surface area contributed by atoms with E-state index in [0.29, 0.717) is 0 Å². The maximum Gasteiger partial charge on any atom is 0.122 e. The second kappa shape index (κ2) is 7.29. The Hall–Kier alpha value is -1.04. The molecular weight excluding hydrogens is 350 g/mol. The number of benzene rings is 1. The maximum absolute atomic E-state index is 5.38. The Morgan fingerprint density at radius 2 is 1.76 bits per heavy atom. The van der Waals surface area contributed by atoms with Crippen molar-refractivity contribution in [3.05, 3.63) is 44.1 Å². The van der Waals surface area contributed by atoms with E-state index in [1.54, 1.807) is 25.6 Å². The number of hydrogen-bond donors (Lipinski definition) is 1. The standard InChI is InChI=1S/C16H20BrNO2S/c1-5-18-15(14-6-10(2)16(17)21-14)11-7-12(19-3)9-13(8-11)20-4/h6-9,15,18H,5H2,1-4H3. The first-order valence-electron chi connectivity index (χ1n) is 6.81. The van der Waals surface area contributed by atoms with E-state index in [2.05, 4.69) is 53.3 Å². The van der Waals surface area contributed by atoms with E-state index in [0.717, 1.165) is 23.6 Å². The lowest BCUT2D eigenvalue weighted by Crippen LogP contribution is -2.21. The molecule has 1 unspecified atom stereocenters. The molecule has 1 heterocycles. The Labute approximate surface area is 138 Å². The summed E-state index contributed by atoms with van der Waals surface area (Å²) >= 11 is 5.36. The van der Waals surface area contributed by atoms with Gasteiger partial charge in [0.2, 0.25) is 0 Å². The van der Waals surface area contributed by atoms with E-state index < -0.39 is 0 Å². The average Bonchev–Trinajstić information content (AvgIpc) is 2.83. The molecule has 0 amide bonds. The van der Waals surface area contributed by atoms with Crippen molar-refractivity contribution in [2.24, 2.45) is 0 Å². The maximum atomic E-state index is 5.38. The van der Waals surface area contributed by atoms with Gasteiger partial charge in [-0.15, -0.1) is 11.3 Å². The van der Waals surface area contributed by atoms with Crippen LogP contribution in [0.3, 0.4) is 0 Å². The van der Waals surface area contributed by atoms with E-state index in [-0.39, 0.29) is 6.04 Å². The minimum Gasteiger partial charge on any atom is -0.497 e. The molecule has 0 radical (unpaired) electrons. The number of aryl methyl sites for hydroxylation is 1. The highest BCUT2D eigenvalue weighted by Crippen LogP contribution is 2.36. The van der Waals surface area contributed by atoms with Crippen LogP contribution < -0.4 is 14.8 Å². The van der Waals surface area contributed by atoms with Gasteiger partial charge in [-0.1, -0.05) is 6.92 Å². The summed E-state index contributed by atoms with van der Waals surface area (Å²) in [6, 6.07) is 8.35. The quantitative estimate of drug-likeness (QED) is 0.810. The van der Waals surface area contributed by atoms with Crippen LogP contribution in [0.15, 0.2) is 28.1 Å². The monoisotopic (exact) mass is 369 g/mol. The molecule has 0 aliphatic carbocycles. The Kier molecular flexibility index (Phi) is 5.67. The third-order valence-electron chi connectivity index (χ3n) is 3.28. The molecule has 2 rings (SSSR count). The number of ether oxygens (including phenoxy) is 2. The molecule has 1 aromatic carbocycles. The van der Waals surface area contributed by atoms with Gasteiger partial charge < -0.3 is 14.8 Å². The van der Waals surface area contributed by atoms with Gasteiger partial charge in [-0.25, -0.2) is 0 Å². The predicted octanol–water partition coefficient (Wildman–Crippen LogP) is 4.54. The van der Waals surface area contributed by atoms with Crippen molar-refractivity contribution in [2.45, 2.75) is 19.9 Å². The molecule has 1 atom stereocenters. The first-order chi connectivity index (χ1) is 10.1. The first-order valence-corrected chi connectivity index (χ1v) is 8.42. The van der Waals surface area contributed by atoms with E-state index in [1.165, 1.54) is 14.2 Å². The van der Waals surface area contributed by atoms with Crippen molar-refractivity contribution < 1.29 is 9.47 Å². The lowest BCUT2D eigenvalue weighted by atomic mass is 10.0. The zero-order chi connectivity index (χ0) is 15.4. The first kappa shape index (κ1) is 16.3. The number of methoxy groups -OCH3 is 2. The van der Waals surface area contributed by atoms with Crippen molar-refractivity contribution >= 4 is 27.3 Å². The van der Waals surface area contributed by atoms with Crippen LogP contribution in [0.5, 0.6) is 11.5 Å². The van der Waals surface area contributed by atoms with Gasteiger partial charge in [0.15, 0.2) is 0 Å². The zero-order valence-corrected chi connectivity index (χ0v) is 15.1. The Morgan fingerprint density at radius 3 is 2.19 bits per heavy atom. The van der Waals surface area contributed by atoms with E-state index in [1.807, 2.05) is 6.07 Å². The van der Waals surface area contributed by atoms with E-state index in [4.69, 9.17) is 9.47 Å². The van der Waals surface area contributed by atoms with Crippen LogP contribution in [0, 0.1) is 6.92 Å². The molecule has 0 bridgehead atoms. The van der Waals surface area contributed by atoms with Gasteiger partial charge in [-0.3, -0.25) is 0 Å². The van der Waals surface area contributed by atoms with Crippen LogP contribution in [-0.4, -0.2) is 20.8 Å². The highest BCUT2D eigenvalue weighted by Gasteiger charge is 2.18. The minimum absolute atomic E-state index is 0.133. The van der Waals surface area contributed by atoms with Gasteiger partial charge in [0, 0.05) is 10.9 Å². The van der Waals surface area contributed by atoms with Gasteiger partial charge in [-0.05, 0) is 58.7 Å². The molecule has 21 heavy (non-hydrogen) atoms. The van der Waals surface area contributed by atoms with E-state index >= 15 is 0 Å². The van der Waals surface area contributed by atoms with Crippen molar-refractivity contribution in [3.8, 4) is 11.5 Å². The molecule has 0 aliphatic heterocycles. The lowest BCUT2D eigenvalue weighted by molar-refractivity contribution is 0.392. The number of rotatable bonds is 6. The molecule has 3 nitrogen and oxygen atoms in total. The number of thiophene rings is 1. The summed E-state index contributed by atoms with van der Waals surface area (Å²) in [6.45, 7) is 5.11. The molecule has 0 fully saturated rings. The molecule has 5 heteroatoms. The largest absolute Gasteiger partial charge is 0.497 e. The molecule has 1 aromatic heterocycles.